The van der Waals surface area contributed by atoms with Crippen molar-refractivity contribution in [3.05, 3.63) is 24.3 Å². The van der Waals surface area contributed by atoms with Crippen LogP contribution in [0, 0.1) is 22.7 Å². The van der Waals surface area contributed by atoms with Crippen molar-refractivity contribution in [1.82, 2.24) is 0 Å². The van der Waals surface area contributed by atoms with E-state index >= 15 is 0 Å². The highest BCUT2D eigenvalue weighted by molar-refractivity contribution is 5.85. The van der Waals surface area contributed by atoms with Gasteiger partial charge in [0.15, 0.2) is 0 Å². The van der Waals surface area contributed by atoms with E-state index < -0.39 is 11.9 Å². The lowest BCUT2D eigenvalue weighted by atomic mass is 9.44. The molecule has 2 bridgehead atoms. The summed E-state index contributed by atoms with van der Waals surface area (Å²) in [6.45, 7) is 9.82. The van der Waals surface area contributed by atoms with Gasteiger partial charge >= 0.3 is 11.9 Å². The molecule has 148 valence electrons. The number of carboxylic acids is 2. The van der Waals surface area contributed by atoms with E-state index in [9.17, 15) is 19.8 Å². The number of aliphatic hydroxyl groups excluding tert-OH is 2. The van der Waals surface area contributed by atoms with E-state index in [0.29, 0.717) is 13.2 Å². The number of aliphatic carboxylic acids is 2. The fourth-order valence-electron chi connectivity index (χ4n) is 4.71. The molecule has 0 aliphatic heterocycles. The van der Waals surface area contributed by atoms with Crippen LogP contribution in [0.5, 0.6) is 0 Å². The summed E-state index contributed by atoms with van der Waals surface area (Å²) in [5.41, 5.74) is 0.576. The minimum absolute atomic E-state index is 0.105. The second-order valence-electron chi connectivity index (χ2n) is 8.00. The van der Waals surface area contributed by atoms with Crippen molar-refractivity contribution >= 4 is 11.9 Å². The molecule has 6 heteroatoms. The number of rotatable bonds is 4. The monoisotopic (exact) mass is 368 g/mol. The van der Waals surface area contributed by atoms with E-state index in [1.807, 2.05) is 0 Å². The van der Waals surface area contributed by atoms with Crippen LogP contribution in [0.2, 0.25) is 0 Å². The summed E-state index contributed by atoms with van der Waals surface area (Å²) in [7, 11) is 0. The van der Waals surface area contributed by atoms with Crippen LogP contribution in [0.25, 0.3) is 0 Å². The van der Waals surface area contributed by atoms with Crippen molar-refractivity contribution < 1.29 is 30.0 Å². The van der Waals surface area contributed by atoms with Gasteiger partial charge in [-0.05, 0) is 64.2 Å². The maximum atomic E-state index is 9.68. The Kier molecular flexibility index (Phi) is 7.59. The van der Waals surface area contributed by atoms with Gasteiger partial charge in [0.05, 0.1) is 0 Å². The molecule has 3 saturated carbocycles. The number of carbonyl (C=O) groups is 2. The van der Waals surface area contributed by atoms with Gasteiger partial charge in [0, 0.05) is 35.2 Å². The lowest BCUT2D eigenvalue weighted by Gasteiger charge is -2.61. The molecule has 3 fully saturated rings. The summed E-state index contributed by atoms with van der Waals surface area (Å²) in [6, 6.07) is 0. The number of aliphatic hydroxyl groups is 2. The number of carboxylic acid groups (broad SMARTS) is 2. The Morgan fingerprint density at radius 2 is 1.46 bits per heavy atom. The van der Waals surface area contributed by atoms with E-state index in [0.717, 1.165) is 24.7 Å². The van der Waals surface area contributed by atoms with Gasteiger partial charge in [0.1, 0.15) is 0 Å². The van der Waals surface area contributed by atoms with Gasteiger partial charge in [-0.25, -0.2) is 9.59 Å². The molecule has 0 spiro atoms. The Morgan fingerprint density at radius 1 is 0.962 bits per heavy atom. The molecule has 4 unspecified atom stereocenters. The third kappa shape index (κ3) is 4.35. The minimum Gasteiger partial charge on any atom is -0.478 e. The zero-order valence-corrected chi connectivity index (χ0v) is 15.8. The molecule has 0 radical (unpaired) electrons. The molecule has 3 aliphatic rings. The van der Waals surface area contributed by atoms with Crippen LogP contribution in [0.4, 0.5) is 0 Å². The van der Waals surface area contributed by atoms with E-state index in [2.05, 4.69) is 13.2 Å². The van der Waals surface area contributed by atoms with Gasteiger partial charge in [-0.1, -0.05) is 13.2 Å². The first-order valence-electron chi connectivity index (χ1n) is 9.04. The maximum Gasteiger partial charge on any atom is 0.330 e. The highest BCUT2D eigenvalue weighted by atomic mass is 16.4. The second-order valence-corrected chi connectivity index (χ2v) is 8.00. The lowest BCUT2D eigenvalue weighted by molar-refractivity contribution is -0.174. The molecule has 0 amide bonds. The van der Waals surface area contributed by atoms with Crippen molar-refractivity contribution in [2.24, 2.45) is 22.7 Å². The summed E-state index contributed by atoms with van der Waals surface area (Å²) in [5, 5.41) is 35.1. The van der Waals surface area contributed by atoms with E-state index in [-0.39, 0.29) is 22.0 Å². The Hall–Kier alpha value is -1.66. The molecule has 0 aromatic heterocycles. The molecule has 0 aromatic rings. The SMILES string of the molecule is C=C(C)C(=O)O.C=C(C)C(=O)O.OCC12CCC(CC3CCC31CO)C2. The van der Waals surface area contributed by atoms with Crippen molar-refractivity contribution in [3.8, 4) is 0 Å². The molecule has 0 heterocycles. The van der Waals surface area contributed by atoms with Crippen LogP contribution in [-0.4, -0.2) is 45.6 Å². The highest BCUT2D eigenvalue weighted by Gasteiger charge is 2.65. The Morgan fingerprint density at radius 3 is 1.77 bits per heavy atom. The smallest absolute Gasteiger partial charge is 0.330 e. The first-order valence-corrected chi connectivity index (χ1v) is 9.04. The molecule has 0 aromatic carbocycles. The normalized spacial score (nSPS) is 33.2. The largest absolute Gasteiger partial charge is 0.478 e. The van der Waals surface area contributed by atoms with Crippen LogP contribution in [0.3, 0.4) is 0 Å². The van der Waals surface area contributed by atoms with E-state index in [4.69, 9.17) is 10.2 Å². The van der Waals surface area contributed by atoms with Gasteiger partial charge in [0.25, 0.3) is 0 Å². The van der Waals surface area contributed by atoms with Gasteiger partial charge in [-0.15, -0.1) is 0 Å². The fraction of sp³-hybridized carbons (Fsp3) is 0.700. The summed E-state index contributed by atoms with van der Waals surface area (Å²) in [4.78, 5) is 19.2. The number of fused-ring (bicyclic) bond motifs is 4. The second kappa shape index (κ2) is 8.82. The maximum absolute atomic E-state index is 9.68. The molecule has 6 nitrogen and oxygen atoms in total. The molecule has 3 aliphatic carbocycles. The van der Waals surface area contributed by atoms with Crippen LogP contribution in [0.15, 0.2) is 24.3 Å². The van der Waals surface area contributed by atoms with Crippen molar-refractivity contribution in [2.45, 2.75) is 52.4 Å². The predicted octanol–water partition coefficient (Wildman–Crippen LogP) is 2.85. The predicted molar refractivity (Wildman–Crippen MR) is 98.6 cm³/mol. The molecule has 26 heavy (non-hydrogen) atoms. The quantitative estimate of drug-likeness (QED) is 0.567. The summed E-state index contributed by atoms with van der Waals surface area (Å²) in [5.74, 6) is -0.293. The van der Waals surface area contributed by atoms with Gasteiger partial charge in [-0.2, -0.15) is 0 Å². The molecule has 4 atom stereocenters. The van der Waals surface area contributed by atoms with Crippen molar-refractivity contribution in [2.75, 3.05) is 13.2 Å². The Balaban J connectivity index is 0.000000238. The third-order valence-corrected chi connectivity index (χ3v) is 6.42. The first kappa shape index (κ1) is 22.4. The van der Waals surface area contributed by atoms with Crippen LogP contribution in [-0.2, 0) is 9.59 Å². The zero-order valence-electron chi connectivity index (χ0n) is 15.8. The molecule has 3 rings (SSSR count). The lowest BCUT2D eigenvalue weighted by Crippen LogP contribution is -2.58. The number of hydrogen-bond acceptors (Lipinski definition) is 4. The minimum atomic E-state index is -0.935. The van der Waals surface area contributed by atoms with Gasteiger partial charge in [0.2, 0.25) is 0 Å². The summed E-state index contributed by atoms with van der Waals surface area (Å²) in [6.07, 6.45) is 7.40. The van der Waals surface area contributed by atoms with Crippen molar-refractivity contribution in [1.29, 1.82) is 0 Å². The average Bonchev–Trinajstić information content (AvgIpc) is 2.95. The molecule has 4 N–H and O–H groups in total. The highest BCUT2D eigenvalue weighted by Crippen LogP contribution is 2.70. The van der Waals surface area contributed by atoms with Crippen LogP contribution < -0.4 is 0 Å². The van der Waals surface area contributed by atoms with Gasteiger partial charge in [-0.3, -0.25) is 0 Å². The summed E-state index contributed by atoms with van der Waals surface area (Å²) < 4.78 is 0. The van der Waals surface area contributed by atoms with E-state index in [1.54, 1.807) is 0 Å². The van der Waals surface area contributed by atoms with Gasteiger partial charge < -0.3 is 20.4 Å². The average molecular weight is 368 g/mol. The zero-order chi connectivity index (χ0) is 20.1. The molecule has 0 saturated heterocycles. The third-order valence-electron chi connectivity index (χ3n) is 6.42. The standard InChI is InChI=1S/C12H20O2.2C4H6O2/c13-7-11-3-1-9(6-11)5-10-2-4-12(10,11)8-14;2*1-3(2)4(5)6/h9-10,13-14H,1-8H2;2*1H2,2H3,(H,5,6). The Bertz CT molecular complexity index is 512. The fourth-order valence-corrected chi connectivity index (χ4v) is 4.71. The summed E-state index contributed by atoms with van der Waals surface area (Å²) >= 11 is 0. The number of hydrogen-bond donors (Lipinski definition) is 4. The topological polar surface area (TPSA) is 115 Å². The molecular weight excluding hydrogens is 336 g/mol. The Labute approximate surface area is 155 Å². The van der Waals surface area contributed by atoms with E-state index in [1.165, 1.54) is 39.5 Å². The van der Waals surface area contributed by atoms with Crippen LogP contribution >= 0.6 is 0 Å². The van der Waals surface area contributed by atoms with Crippen molar-refractivity contribution in [3.63, 3.8) is 0 Å². The first-order chi connectivity index (χ1) is 12.0. The molecular formula is C20H32O6. The van der Waals surface area contributed by atoms with Crippen LogP contribution in [0.1, 0.15) is 52.4 Å².